The predicted molar refractivity (Wildman–Crippen MR) is 58.1 cm³/mol. The zero-order valence-electron chi connectivity index (χ0n) is 9.60. The van der Waals surface area contributed by atoms with Crippen molar-refractivity contribution in [2.75, 3.05) is 13.7 Å². The molecule has 2 unspecified atom stereocenters. The number of hydrogen-bond donors (Lipinski definition) is 1. The summed E-state index contributed by atoms with van der Waals surface area (Å²) in [6, 6.07) is 0.616. The molecule has 2 atom stereocenters. The number of ether oxygens (including phenoxy) is 1. The summed E-state index contributed by atoms with van der Waals surface area (Å²) in [6.45, 7) is 7.47. The Labute approximate surface area is 83.1 Å². The first-order chi connectivity index (χ1) is 6.20. The number of hydrogen-bond acceptors (Lipinski definition) is 2. The van der Waals surface area contributed by atoms with Gasteiger partial charge in [-0.1, -0.05) is 13.3 Å². The van der Waals surface area contributed by atoms with Crippen molar-refractivity contribution in [3.8, 4) is 0 Å². The molecule has 0 spiro atoms. The smallest absolute Gasteiger partial charge is 0.0546 e. The molecule has 0 heterocycles. The van der Waals surface area contributed by atoms with E-state index in [1.54, 1.807) is 0 Å². The molecule has 0 aliphatic rings. The lowest BCUT2D eigenvalue weighted by Gasteiger charge is -2.13. The van der Waals surface area contributed by atoms with Crippen molar-refractivity contribution in [1.29, 1.82) is 0 Å². The SMILES string of the molecule is CCCC(C)OCCCC(C)NC. The summed E-state index contributed by atoms with van der Waals surface area (Å²) in [5.74, 6) is 0. The van der Waals surface area contributed by atoms with Crippen molar-refractivity contribution in [1.82, 2.24) is 5.32 Å². The van der Waals surface area contributed by atoms with E-state index in [2.05, 4.69) is 26.1 Å². The van der Waals surface area contributed by atoms with Crippen LogP contribution in [-0.2, 0) is 4.74 Å². The largest absolute Gasteiger partial charge is 0.379 e. The van der Waals surface area contributed by atoms with Crippen LogP contribution in [-0.4, -0.2) is 25.8 Å². The average Bonchev–Trinajstić information content (AvgIpc) is 2.12. The van der Waals surface area contributed by atoms with Gasteiger partial charge in [-0.05, 0) is 40.2 Å². The highest BCUT2D eigenvalue weighted by Crippen LogP contribution is 2.03. The maximum atomic E-state index is 5.65. The van der Waals surface area contributed by atoms with Crippen molar-refractivity contribution in [2.24, 2.45) is 0 Å². The fourth-order valence-electron chi connectivity index (χ4n) is 1.31. The molecular formula is C11H25NO. The third-order valence-corrected chi connectivity index (χ3v) is 2.37. The van der Waals surface area contributed by atoms with Crippen LogP contribution in [0.4, 0.5) is 0 Å². The minimum Gasteiger partial charge on any atom is -0.379 e. The van der Waals surface area contributed by atoms with E-state index in [9.17, 15) is 0 Å². The van der Waals surface area contributed by atoms with E-state index >= 15 is 0 Å². The number of nitrogens with one attached hydrogen (secondary N) is 1. The molecule has 0 aromatic rings. The lowest BCUT2D eigenvalue weighted by Crippen LogP contribution is -2.21. The Kier molecular flexibility index (Phi) is 8.46. The van der Waals surface area contributed by atoms with E-state index in [1.165, 1.54) is 19.3 Å². The molecule has 0 saturated carbocycles. The first-order valence-corrected chi connectivity index (χ1v) is 5.49. The van der Waals surface area contributed by atoms with Crippen LogP contribution in [0.2, 0.25) is 0 Å². The molecule has 0 rings (SSSR count). The van der Waals surface area contributed by atoms with Crippen LogP contribution >= 0.6 is 0 Å². The maximum absolute atomic E-state index is 5.65. The van der Waals surface area contributed by atoms with Crippen molar-refractivity contribution in [2.45, 2.75) is 58.6 Å². The molecule has 0 bridgehead atoms. The van der Waals surface area contributed by atoms with Crippen LogP contribution in [0.1, 0.15) is 46.5 Å². The van der Waals surface area contributed by atoms with Gasteiger partial charge in [0.1, 0.15) is 0 Å². The van der Waals surface area contributed by atoms with Gasteiger partial charge in [0.25, 0.3) is 0 Å². The van der Waals surface area contributed by atoms with Gasteiger partial charge in [-0.15, -0.1) is 0 Å². The third kappa shape index (κ3) is 8.26. The van der Waals surface area contributed by atoms with Gasteiger partial charge in [0.2, 0.25) is 0 Å². The third-order valence-electron chi connectivity index (χ3n) is 2.37. The van der Waals surface area contributed by atoms with Gasteiger partial charge in [-0.2, -0.15) is 0 Å². The molecule has 0 aliphatic carbocycles. The fraction of sp³-hybridized carbons (Fsp3) is 1.00. The second-order valence-corrected chi connectivity index (χ2v) is 3.80. The summed E-state index contributed by atoms with van der Waals surface area (Å²) >= 11 is 0. The normalized spacial score (nSPS) is 15.7. The van der Waals surface area contributed by atoms with E-state index in [0.717, 1.165) is 13.0 Å². The standard InChI is InChI=1S/C11H25NO/c1-5-7-11(3)13-9-6-8-10(2)12-4/h10-12H,5-9H2,1-4H3. The summed E-state index contributed by atoms with van der Waals surface area (Å²) in [5.41, 5.74) is 0. The average molecular weight is 187 g/mol. The summed E-state index contributed by atoms with van der Waals surface area (Å²) in [7, 11) is 2.01. The number of rotatable bonds is 8. The van der Waals surface area contributed by atoms with Crippen LogP contribution in [0.25, 0.3) is 0 Å². The summed E-state index contributed by atoms with van der Waals surface area (Å²) in [5, 5.41) is 3.22. The molecule has 2 nitrogen and oxygen atoms in total. The second kappa shape index (κ2) is 8.52. The van der Waals surface area contributed by atoms with Gasteiger partial charge in [-0.3, -0.25) is 0 Å². The van der Waals surface area contributed by atoms with Crippen molar-refractivity contribution >= 4 is 0 Å². The van der Waals surface area contributed by atoms with Gasteiger partial charge >= 0.3 is 0 Å². The van der Waals surface area contributed by atoms with Crippen LogP contribution in [0.15, 0.2) is 0 Å². The highest BCUT2D eigenvalue weighted by Gasteiger charge is 2.01. The molecule has 0 fully saturated rings. The molecule has 13 heavy (non-hydrogen) atoms. The Balaban J connectivity index is 3.15. The minimum atomic E-state index is 0.440. The van der Waals surface area contributed by atoms with E-state index in [0.29, 0.717) is 12.1 Å². The minimum absolute atomic E-state index is 0.440. The molecule has 0 aliphatic heterocycles. The monoisotopic (exact) mass is 187 g/mol. The van der Waals surface area contributed by atoms with Crippen molar-refractivity contribution < 1.29 is 4.74 Å². The Morgan fingerprint density at radius 1 is 1.23 bits per heavy atom. The molecule has 80 valence electrons. The summed E-state index contributed by atoms with van der Waals surface area (Å²) in [6.07, 6.45) is 5.20. The van der Waals surface area contributed by atoms with Gasteiger partial charge < -0.3 is 10.1 Å². The zero-order valence-corrected chi connectivity index (χ0v) is 9.60. The topological polar surface area (TPSA) is 21.3 Å². The predicted octanol–water partition coefficient (Wildman–Crippen LogP) is 2.58. The van der Waals surface area contributed by atoms with E-state index in [1.807, 2.05) is 7.05 Å². The van der Waals surface area contributed by atoms with Crippen LogP contribution < -0.4 is 5.32 Å². The molecule has 0 aromatic carbocycles. The Morgan fingerprint density at radius 2 is 1.92 bits per heavy atom. The van der Waals surface area contributed by atoms with Gasteiger partial charge in [-0.25, -0.2) is 0 Å². The fourth-order valence-corrected chi connectivity index (χ4v) is 1.31. The second-order valence-electron chi connectivity index (χ2n) is 3.80. The van der Waals surface area contributed by atoms with E-state index in [-0.39, 0.29) is 0 Å². The van der Waals surface area contributed by atoms with Crippen LogP contribution in [0.3, 0.4) is 0 Å². The first kappa shape index (κ1) is 12.9. The zero-order chi connectivity index (χ0) is 10.1. The Morgan fingerprint density at radius 3 is 2.46 bits per heavy atom. The van der Waals surface area contributed by atoms with Gasteiger partial charge in [0, 0.05) is 12.6 Å². The molecule has 0 radical (unpaired) electrons. The maximum Gasteiger partial charge on any atom is 0.0546 e. The molecule has 0 aromatic heterocycles. The summed E-state index contributed by atoms with van der Waals surface area (Å²) in [4.78, 5) is 0. The van der Waals surface area contributed by atoms with Gasteiger partial charge in [0.15, 0.2) is 0 Å². The Bertz CT molecular complexity index is 106. The van der Waals surface area contributed by atoms with Crippen molar-refractivity contribution in [3.63, 3.8) is 0 Å². The highest BCUT2D eigenvalue weighted by molar-refractivity contribution is 4.56. The molecule has 1 N–H and O–H groups in total. The van der Waals surface area contributed by atoms with Gasteiger partial charge in [0.05, 0.1) is 6.10 Å². The van der Waals surface area contributed by atoms with Crippen molar-refractivity contribution in [3.05, 3.63) is 0 Å². The summed E-state index contributed by atoms with van der Waals surface area (Å²) < 4.78 is 5.65. The first-order valence-electron chi connectivity index (χ1n) is 5.49. The van der Waals surface area contributed by atoms with Crippen LogP contribution in [0.5, 0.6) is 0 Å². The van der Waals surface area contributed by atoms with E-state index < -0.39 is 0 Å². The Hall–Kier alpha value is -0.0800. The lowest BCUT2D eigenvalue weighted by atomic mass is 10.2. The van der Waals surface area contributed by atoms with Crippen LogP contribution in [0, 0.1) is 0 Å². The molecule has 2 heteroatoms. The molecule has 0 saturated heterocycles. The highest BCUT2D eigenvalue weighted by atomic mass is 16.5. The molecular weight excluding hydrogens is 162 g/mol. The van der Waals surface area contributed by atoms with E-state index in [4.69, 9.17) is 4.74 Å². The quantitative estimate of drug-likeness (QED) is 0.590. The molecule has 0 amide bonds. The lowest BCUT2D eigenvalue weighted by molar-refractivity contribution is 0.0564.